The number of amides is 1. The van der Waals surface area contributed by atoms with Crippen molar-refractivity contribution in [1.82, 2.24) is 15.3 Å². The predicted octanol–water partition coefficient (Wildman–Crippen LogP) is 2.10. The lowest BCUT2D eigenvalue weighted by Gasteiger charge is -2.33. The first-order chi connectivity index (χ1) is 14.1. The summed E-state index contributed by atoms with van der Waals surface area (Å²) in [4.78, 5) is 23.5. The Kier molecular flexibility index (Phi) is 7.37. The van der Waals surface area contributed by atoms with Crippen LogP contribution < -0.4 is 15.0 Å². The Balaban J connectivity index is 1.66. The Morgan fingerprint density at radius 3 is 2.66 bits per heavy atom. The van der Waals surface area contributed by atoms with Gasteiger partial charge in [-0.15, -0.1) is 0 Å². The zero-order chi connectivity index (χ0) is 20.6. The van der Waals surface area contributed by atoms with Gasteiger partial charge < -0.3 is 24.4 Å². The van der Waals surface area contributed by atoms with Crippen molar-refractivity contribution in [1.29, 1.82) is 0 Å². The molecular formula is C21H28N4O4. The molecule has 1 fully saturated rings. The predicted molar refractivity (Wildman–Crippen MR) is 110 cm³/mol. The van der Waals surface area contributed by atoms with E-state index in [1.807, 2.05) is 30.3 Å². The fourth-order valence-corrected chi connectivity index (χ4v) is 3.43. The summed E-state index contributed by atoms with van der Waals surface area (Å²) >= 11 is 0. The van der Waals surface area contributed by atoms with E-state index in [1.165, 1.54) is 0 Å². The van der Waals surface area contributed by atoms with Gasteiger partial charge in [-0.3, -0.25) is 4.79 Å². The molecule has 0 saturated carbocycles. The normalized spacial score (nSPS) is 16.7. The van der Waals surface area contributed by atoms with Crippen molar-refractivity contribution in [3.63, 3.8) is 0 Å². The van der Waals surface area contributed by atoms with Gasteiger partial charge in [-0.2, -0.15) is 0 Å². The summed E-state index contributed by atoms with van der Waals surface area (Å²) in [7, 11) is 4.75. The summed E-state index contributed by atoms with van der Waals surface area (Å²) in [6, 6.07) is 9.73. The lowest BCUT2D eigenvalue weighted by molar-refractivity contribution is -0.131. The van der Waals surface area contributed by atoms with Crippen LogP contribution in [0, 0.1) is 5.92 Å². The quantitative estimate of drug-likeness (QED) is 0.679. The molecule has 0 radical (unpaired) electrons. The number of ether oxygens (including phenoxy) is 3. The van der Waals surface area contributed by atoms with Crippen molar-refractivity contribution in [3.05, 3.63) is 36.7 Å². The van der Waals surface area contributed by atoms with Gasteiger partial charge in [0, 0.05) is 38.9 Å². The molecule has 1 aliphatic rings. The van der Waals surface area contributed by atoms with E-state index in [0.717, 1.165) is 42.2 Å². The number of nitrogens with one attached hydrogen (secondary N) is 1. The molecule has 2 aromatic rings. The zero-order valence-electron chi connectivity index (χ0n) is 17.1. The summed E-state index contributed by atoms with van der Waals surface area (Å²) < 4.78 is 15.5. The van der Waals surface area contributed by atoms with Gasteiger partial charge in [0.1, 0.15) is 17.9 Å². The fourth-order valence-electron chi connectivity index (χ4n) is 3.43. The van der Waals surface area contributed by atoms with Crippen molar-refractivity contribution in [2.75, 3.05) is 45.9 Å². The van der Waals surface area contributed by atoms with Crippen LogP contribution in [0.1, 0.15) is 12.8 Å². The average molecular weight is 400 g/mol. The van der Waals surface area contributed by atoms with Gasteiger partial charge in [0.25, 0.3) is 0 Å². The average Bonchev–Trinajstić information content (AvgIpc) is 2.80. The Hall–Kier alpha value is -2.71. The smallest absolute Gasteiger partial charge is 0.225 e. The van der Waals surface area contributed by atoms with Gasteiger partial charge >= 0.3 is 0 Å². The zero-order valence-corrected chi connectivity index (χ0v) is 17.1. The molecule has 156 valence electrons. The molecule has 0 aliphatic carbocycles. The molecule has 2 heterocycles. The molecule has 1 aromatic carbocycles. The molecule has 1 amide bonds. The third-order valence-electron chi connectivity index (χ3n) is 5.12. The second kappa shape index (κ2) is 10.2. The Morgan fingerprint density at radius 2 is 1.97 bits per heavy atom. The highest BCUT2D eigenvalue weighted by Gasteiger charge is 2.27. The van der Waals surface area contributed by atoms with Crippen molar-refractivity contribution in [3.8, 4) is 17.0 Å². The van der Waals surface area contributed by atoms with Gasteiger partial charge in [-0.1, -0.05) is 0 Å². The number of hydrogen-bond donors (Lipinski definition) is 1. The summed E-state index contributed by atoms with van der Waals surface area (Å²) in [5.41, 5.74) is 1.83. The van der Waals surface area contributed by atoms with Crippen LogP contribution >= 0.6 is 0 Å². The van der Waals surface area contributed by atoms with Crippen molar-refractivity contribution in [2.24, 2.45) is 5.92 Å². The number of carbonyl (C=O) groups is 1. The van der Waals surface area contributed by atoms with Crippen molar-refractivity contribution < 1.29 is 19.0 Å². The topological polar surface area (TPSA) is 85.8 Å². The summed E-state index contributed by atoms with van der Waals surface area (Å²) in [6.45, 7) is 1.81. The first-order valence-electron chi connectivity index (χ1n) is 9.69. The Bertz CT molecular complexity index is 796. The van der Waals surface area contributed by atoms with Crippen LogP contribution in [0.4, 0.5) is 5.82 Å². The molecule has 8 heteroatoms. The summed E-state index contributed by atoms with van der Waals surface area (Å²) in [5, 5.41) is 2.91. The molecule has 1 aromatic heterocycles. The number of anilines is 1. The lowest BCUT2D eigenvalue weighted by atomic mass is 9.97. The maximum absolute atomic E-state index is 12.6. The van der Waals surface area contributed by atoms with Crippen molar-refractivity contribution >= 4 is 11.7 Å². The van der Waals surface area contributed by atoms with E-state index in [-0.39, 0.29) is 11.8 Å². The van der Waals surface area contributed by atoms with Crippen LogP contribution in [0.2, 0.25) is 0 Å². The van der Waals surface area contributed by atoms with Crippen LogP contribution in [0.5, 0.6) is 5.75 Å². The standard InChI is InChI=1S/C21H28N4O4/c1-27-17-8-6-15(7-9-17)18-11-19(24-14-23-18)25-10-4-5-16(13-25)21(26)22-12-20(28-2)29-3/h6-9,11,14,16,20H,4-5,10,12-13H2,1-3H3,(H,22,26)/t16-/m0/s1. The highest BCUT2D eigenvalue weighted by Crippen LogP contribution is 2.26. The lowest BCUT2D eigenvalue weighted by Crippen LogP contribution is -2.45. The Labute approximate surface area is 171 Å². The van der Waals surface area contributed by atoms with Gasteiger partial charge in [-0.05, 0) is 37.1 Å². The van der Waals surface area contributed by atoms with Gasteiger partial charge in [0.2, 0.25) is 5.91 Å². The number of carbonyl (C=O) groups excluding carboxylic acids is 1. The van der Waals surface area contributed by atoms with Crippen LogP contribution in [0.3, 0.4) is 0 Å². The first-order valence-corrected chi connectivity index (χ1v) is 9.69. The molecule has 0 spiro atoms. The second-order valence-electron chi connectivity index (χ2n) is 6.92. The molecule has 8 nitrogen and oxygen atoms in total. The van der Waals surface area contributed by atoms with E-state index in [1.54, 1.807) is 27.7 Å². The number of aromatic nitrogens is 2. The van der Waals surface area contributed by atoms with Crippen molar-refractivity contribution in [2.45, 2.75) is 19.1 Å². The molecule has 3 rings (SSSR count). The van der Waals surface area contributed by atoms with Gasteiger partial charge in [-0.25, -0.2) is 9.97 Å². The van der Waals surface area contributed by atoms with Gasteiger partial charge in [0.05, 0.1) is 25.3 Å². The minimum atomic E-state index is -0.437. The van der Waals surface area contributed by atoms with Crippen LogP contribution in [0.15, 0.2) is 36.7 Å². The number of benzene rings is 1. The molecule has 1 saturated heterocycles. The van der Waals surface area contributed by atoms with E-state index in [9.17, 15) is 4.79 Å². The molecule has 1 aliphatic heterocycles. The maximum atomic E-state index is 12.6. The third-order valence-corrected chi connectivity index (χ3v) is 5.12. The van der Waals surface area contributed by atoms with Crippen LogP contribution in [-0.4, -0.2) is 63.1 Å². The van der Waals surface area contributed by atoms with E-state index in [0.29, 0.717) is 13.1 Å². The summed E-state index contributed by atoms with van der Waals surface area (Å²) in [5.74, 6) is 1.54. The SMILES string of the molecule is COc1ccc(-c2cc(N3CCC[C@H](C(=O)NCC(OC)OC)C3)ncn2)cc1. The second-order valence-corrected chi connectivity index (χ2v) is 6.92. The Morgan fingerprint density at radius 1 is 1.21 bits per heavy atom. The third kappa shape index (κ3) is 5.42. The number of hydrogen-bond acceptors (Lipinski definition) is 7. The van der Waals surface area contributed by atoms with E-state index >= 15 is 0 Å². The summed E-state index contributed by atoms with van der Waals surface area (Å²) in [6.07, 6.45) is 2.91. The monoisotopic (exact) mass is 400 g/mol. The molecule has 1 atom stereocenters. The highest BCUT2D eigenvalue weighted by molar-refractivity contribution is 5.79. The van der Waals surface area contributed by atoms with Crippen LogP contribution in [-0.2, 0) is 14.3 Å². The maximum Gasteiger partial charge on any atom is 0.225 e. The largest absolute Gasteiger partial charge is 0.497 e. The van der Waals surface area contributed by atoms with E-state index < -0.39 is 6.29 Å². The molecule has 0 unspecified atom stereocenters. The number of nitrogens with zero attached hydrogens (tertiary/aromatic N) is 3. The minimum absolute atomic E-state index is 0.0123. The molecule has 29 heavy (non-hydrogen) atoms. The molecule has 0 bridgehead atoms. The van der Waals surface area contributed by atoms with E-state index in [2.05, 4.69) is 20.2 Å². The number of piperidine rings is 1. The highest BCUT2D eigenvalue weighted by atomic mass is 16.7. The number of rotatable bonds is 8. The van der Waals surface area contributed by atoms with E-state index in [4.69, 9.17) is 14.2 Å². The number of methoxy groups -OCH3 is 3. The first kappa shape index (κ1) is 21.0. The fraction of sp³-hybridized carbons (Fsp3) is 0.476. The molecule has 1 N–H and O–H groups in total. The van der Waals surface area contributed by atoms with Gasteiger partial charge in [0.15, 0.2) is 6.29 Å². The molecular weight excluding hydrogens is 372 g/mol. The van der Waals surface area contributed by atoms with Crippen LogP contribution in [0.25, 0.3) is 11.3 Å². The minimum Gasteiger partial charge on any atom is -0.497 e.